The van der Waals surface area contributed by atoms with Gasteiger partial charge in [0.1, 0.15) is 30.4 Å². The van der Waals surface area contributed by atoms with Crippen molar-refractivity contribution in [1.29, 1.82) is 0 Å². The summed E-state index contributed by atoms with van der Waals surface area (Å²) < 4.78 is 56.9. The van der Waals surface area contributed by atoms with Gasteiger partial charge in [0.15, 0.2) is 0 Å². The predicted octanol–water partition coefficient (Wildman–Crippen LogP) is -2.04. The molecule has 0 radical (unpaired) electrons. The predicted molar refractivity (Wildman–Crippen MR) is 345 cm³/mol. The standard InChI is InChI=1S/C62H94N12O20S/c1-44-35-50(36-45(2)59(44)95(88,89)70-51(62(86)87)37-68-61(85)48-10-7-46(8-11-48)9-13-49-14-12-47-5-3-15-67-60(47)69-49)94-28-4-6-52(75)63-16-17-64-54(77)42-92-33-32-91-30-19-66-55(78)43-93-34-31-90-29-18-65-53(76)38-71-20-22-72(39-56(79)80)24-26-74(41-58(83)84)27-25-73(23-21-71)40-57(81)82/h7-8,10-12,14,35-36,51,54,64,70,77H,3-6,9,13,15-34,37-43H2,1-2H3,(H,63,75)(H,65,76)(H,66,78)(H,67,69)(H,68,85)(H,79,80)(H,81,82)(H,83,84)(H,86,87). The number of benzene rings is 2. The summed E-state index contributed by atoms with van der Waals surface area (Å²) in [7, 11) is -4.39. The topological polar surface area (TPSA) is 428 Å². The molecular formula is C62H94N12O20S. The van der Waals surface area contributed by atoms with E-state index in [2.05, 4.69) is 42.7 Å². The lowest BCUT2D eigenvalue weighted by Gasteiger charge is -2.32. The lowest BCUT2D eigenvalue weighted by atomic mass is 10.0. The maximum Gasteiger partial charge on any atom is 0.323 e. The van der Waals surface area contributed by atoms with Gasteiger partial charge in [-0.15, -0.1) is 0 Å². The number of aromatic nitrogens is 1. The van der Waals surface area contributed by atoms with Crippen molar-refractivity contribution in [2.75, 3.05) is 183 Å². The largest absolute Gasteiger partial charge is 0.494 e. The van der Waals surface area contributed by atoms with Crippen LogP contribution in [0.4, 0.5) is 5.82 Å². The molecule has 2 aliphatic rings. The van der Waals surface area contributed by atoms with Crippen LogP contribution in [0, 0.1) is 13.8 Å². The number of carbonyl (C=O) groups is 8. The second kappa shape index (κ2) is 42.8. The van der Waals surface area contributed by atoms with Gasteiger partial charge in [-0.05, 0) is 98.5 Å². The van der Waals surface area contributed by atoms with Gasteiger partial charge >= 0.3 is 23.9 Å². The molecule has 0 saturated carbocycles. The lowest BCUT2D eigenvalue weighted by Crippen LogP contribution is -2.50. The molecule has 95 heavy (non-hydrogen) atoms. The number of nitrogens with one attached hydrogen (secondary N) is 7. The Morgan fingerprint density at radius 1 is 0.611 bits per heavy atom. The molecule has 3 heterocycles. The number of sulfonamides is 1. The molecule has 33 heteroatoms. The summed E-state index contributed by atoms with van der Waals surface area (Å²) in [6, 6.07) is 12.4. The molecule has 2 unspecified atom stereocenters. The van der Waals surface area contributed by atoms with Crippen LogP contribution in [0.1, 0.15) is 57.6 Å². The van der Waals surface area contributed by atoms with Crippen LogP contribution in [0.2, 0.25) is 0 Å². The fraction of sp³-hybridized carbons (Fsp3) is 0.597. The van der Waals surface area contributed by atoms with Crippen molar-refractivity contribution >= 4 is 63.3 Å². The van der Waals surface area contributed by atoms with Crippen molar-refractivity contribution in [3.63, 3.8) is 0 Å². The van der Waals surface area contributed by atoms with Gasteiger partial charge in [0, 0.05) is 109 Å². The number of aliphatic carboxylic acids is 4. The van der Waals surface area contributed by atoms with Crippen LogP contribution in [0.3, 0.4) is 0 Å². The van der Waals surface area contributed by atoms with Gasteiger partial charge in [0.2, 0.25) is 27.7 Å². The third kappa shape index (κ3) is 31.7. The number of amides is 4. The zero-order chi connectivity index (χ0) is 69.0. The van der Waals surface area contributed by atoms with Crippen molar-refractivity contribution in [3.05, 3.63) is 82.0 Å². The van der Waals surface area contributed by atoms with Gasteiger partial charge in [0.25, 0.3) is 5.91 Å². The van der Waals surface area contributed by atoms with E-state index in [9.17, 15) is 72.3 Å². The molecule has 4 amide bonds. The van der Waals surface area contributed by atoms with E-state index in [1.807, 2.05) is 23.1 Å². The average Bonchev–Trinajstić information content (AvgIpc) is 0.798. The van der Waals surface area contributed by atoms with Gasteiger partial charge in [-0.2, -0.15) is 4.72 Å². The van der Waals surface area contributed by atoms with Crippen LogP contribution in [-0.2, 0) is 81.8 Å². The third-order valence-electron chi connectivity index (χ3n) is 15.0. The number of carbonyl (C=O) groups excluding carboxylic acids is 4. The van der Waals surface area contributed by atoms with E-state index < -0.39 is 58.6 Å². The van der Waals surface area contributed by atoms with Crippen LogP contribution >= 0.6 is 0 Å². The second-order valence-electron chi connectivity index (χ2n) is 22.8. The van der Waals surface area contributed by atoms with Gasteiger partial charge < -0.3 is 75.8 Å². The summed E-state index contributed by atoms with van der Waals surface area (Å²) in [6.45, 7) is 6.59. The molecule has 3 aromatic rings. The van der Waals surface area contributed by atoms with Crippen molar-refractivity contribution in [3.8, 4) is 5.75 Å². The van der Waals surface area contributed by atoms with Crippen molar-refractivity contribution in [2.45, 2.75) is 69.5 Å². The fourth-order valence-electron chi connectivity index (χ4n) is 10.2. The number of anilines is 1. The molecule has 2 aromatic carbocycles. The molecule has 12 N–H and O–H groups in total. The molecular weight excluding hydrogens is 1260 g/mol. The number of rotatable bonds is 43. The van der Waals surface area contributed by atoms with Gasteiger partial charge in [-0.3, -0.25) is 63.3 Å². The van der Waals surface area contributed by atoms with E-state index >= 15 is 0 Å². The minimum Gasteiger partial charge on any atom is -0.494 e. The molecule has 1 saturated heterocycles. The molecule has 0 bridgehead atoms. The van der Waals surface area contributed by atoms with Crippen LogP contribution in [0.15, 0.2) is 53.4 Å². The fourth-order valence-corrected chi connectivity index (χ4v) is 11.8. The second-order valence-corrected chi connectivity index (χ2v) is 24.4. The minimum atomic E-state index is -4.39. The number of carboxylic acid groups (broad SMARTS) is 4. The zero-order valence-corrected chi connectivity index (χ0v) is 54.9. The number of hydrogen-bond donors (Lipinski definition) is 12. The van der Waals surface area contributed by atoms with E-state index in [4.69, 9.17) is 28.7 Å². The number of aliphatic hydroxyl groups is 1. The Kier molecular flexibility index (Phi) is 35.2. The first-order valence-corrected chi connectivity index (χ1v) is 33.2. The number of fused-ring (bicyclic) bond motifs is 1. The molecule has 32 nitrogen and oxygen atoms in total. The Labute approximate surface area is 553 Å². The Morgan fingerprint density at radius 2 is 1.16 bits per heavy atom. The van der Waals surface area contributed by atoms with E-state index in [-0.39, 0.29) is 186 Å². The number of pyridine rings is 1. The van der Waals surface area contributed by atoms with Gasteiger partial charge in [-0.1, -0.05) is 18.2 Å². The number of carboxylic acids is 4. The molecule has 5 rings (SSSR count). The number of nitrogens with zero attached hydrogens (tertiary/aromatic N) is 5. The number of ether oxygens (including phenoxy) is 5. The molecule has 0 aliphatic carbocycles. The highest BCUT2D eigenvalue weighted by atomic mass is 32.2. The maximum atomic E-state index is 13.6. The van der Waals surface area contributed by atoms with Crippen LogP contribution in [-0.4, -0.2) is 296 Å². The molecule has 1 fully saturated rings. The number of aliphatic hydroxyl groups excluding tert-OH is 1. The minimum absolute atomic E-state index is 0.0329. The Balaban J connectivity index is 0.834. The van der Waals surface area contributed by atoms with E-state index in [0.717, 1.165) is 36.5 Å². The Hall–Kier alpha value is -7.54. The van der Waals surface area contributed by atoms with Crippen molar-refractivity contribution in [2.24, 2.45) is 0 Å². The molecule has 2 atom stereocenters. The maximum absolute atomic E-state index is 13.6. The molecule has 0 spiro atoms. The summed E-state index contributed by atoms with van der Waals surface area (Å²) >= 11 is 0. The monoisotopic (exact) mass is 1360 g/mol. The highest BCUT2D eigenvalue weighted by Gasteiger charge is 2.29. The average molecular weight is 1360 g/mol. The summed E-state index contributed by atoms with van der Waals surface area (Å²) in [5.41, 5.74) is 4.03. The van der Waals surface area contributed by atoms with E-state index in [1.54, 1.807) is 40.7 Å². The van der Waals surface area contributed by atoms with E-state index in [0.29, 0.717) is 49.2 Å². The van der Waals surface area contributed by atoms with Crippen molar-refractivity contribution < 1.29 is 96.0 Å². The van der Waals surface area contributed by atoms with Crippen LogP contribution < -0.4 is 41.4 Å². The highest BCUT2D eigenvalue weighted by Crippen LogP contribution is 2.27. The lowest BCUT2D eigenvalue weighted by molar-refractivity contribution is -0.140. The Morgan fingerprint density at radius 3 is 1.74 bits per heavy atom. The number of hydrogen-bond acceptors (Lipinski definition) is 23. The highest BCUT2D eigenvalue weighted by molar-refractivity contribution is 7.89. The molecule has 528 valence electrons. The molecule has 2 aliphatic heterocycles. The van der Waals surface area contributed by atoms with E-state index in [1.165, 1.54) is 17.7 Å². The third-order valence-corrected chi connectivity index (χ3v) is 16.8. The SMILES string of the molecule is Cc1cc(OCCCC(=O)NCCNC(O)COCCOCCNC(=O)COCCOCCNC(=O)CN2CCN(CC(=O)O)CCN(CC(=O)O)CCN(CC(=O)O)CC2)cc(C)c1S(=O)(=O)NC(CNC(=O)c1ccc(CCc2ccc3c(n2)NCCC3)cc1)C(=O)O. The normalized spacial score (nSPS) is 15.2. The van der Waals surface area contributed by atoms with Crippen molar-refractivity contribution in [1.82, 2.24) is 55.9 Å². The van der Waals surface area contributed by atoms with Crippen LogP contribution in [0.5, 0.6) is 5.75 Å². The van der Waals surface area contributed by atoms with Crippen LogP contribution in [0.25, 0.3) is 0 Å². The summed E-state index contributed by atoms with van der Waals surface area (Å²) in [5.74, 6) is -4.84. The summed E-state index contributed by atoms with van der Waals surface area (Å²) in [5, 5.41) is 65.2. The quantitative estimate of drug-likeness (QED) is 0.0215. The molecule has 1 aromatic heterocycles. The number of aryl methyl sites for hydroxylation is 5. The Bertz CT molecular complexity index is 3000. The summed E-state index contributed by atoms with van der Waals surface area (Å²) in [4.78, 5) is 109. The summed E-state index contributed by atoms with van der Waals surface area (Å²) in [6.07, 6.45) is 2.94. The first kappa shape index (κ1) is 78.2. The first-order chi connectivity index (χ1) is 45.5. The van der Waals surface area contributed by atoms with Gasteiger partial charge in [-0.25, -0.2) is 13.4 Å². The first-order valence-electron chi connectivity index (χ1n) is 31.7. The van der Waals surface area contributed by atoms with Gasteiger partial charge in [0.05, 0.1) is 83.9 Å². The zero-order valence-electron chi connectivity index (χ0n) is 54.1. The smallest absolute Gasteiger partial charge is 0.323 e.